The number of benzene rings is 1. The number of sulfonamides is 1. The Balaban J connectivity index is 1.85. The van der Waals surface area contributed by atoms with E-state index in [1.165, 1.54) is 0 Å². The van der Waals surface area contributed by atoms with Crippen LogP contribution in [-0.2, 0) is 21.2 Å². The van der Waals surface area contributed by atoms with Crippen LogP contribution in [0.5, 0.6) is 0 Å². The summed E-state index contributed by atoms with van der Waals surface area (Å²) in [6.07, 6.45) is 0.542. The van der Waals surface area contributed by atoms with Gasteiger partial charge in [0, 0.05) is 25.7 Å². The van der Waals surface area contributed by atoms with Gasteiger partial charge < -0.3 is 4.74 Å². The van der Waals surface area contributed by atoms with Gasteiger partial charge >= 0.3 is 0 Å². The SMILES string of the molecule is CC(C)C(CNS(=O)(=O)CCc1ccccc1)N1CCOCC1. The largest absolute Gasteiger partial charge is 0.379 e. The van der Waals surface area contributed by atoms with Gasteiger partial charge in [-0.2, -0.15) is 0 Å². The summed E-state index contributed by atoms with van der Waals surface area (Å²) in [4.78, 5) is 2.33. The molecule has 0 aromatic heterocycles. The molecule has 1 aliphatic rings. The molecule has 23 heavy (non-hydrogen) atoms. The van der Waals surface area contributed by atoms with E-state index in [-0.39, 0.29) is 11.8 Å². The molecule has 6 heteroatoms. The van der Waals surface area contributed by atoms with Gasteiger partial charge in [0.25, 0.3) is 0 Å². The highest BCUT2D eigenvalue weighted by atomic mass is 32.2. The van der Waals surface area contributed by atoms with Gasteiger partial charge in [0.2, 0.25) is 10.0 Å². The molecule has 1 unspecified atom stereocenters. The molecule has 5 nitrogen and oxygen atoms in total. The van der Waals surface area contributed by atoms with E-state index in [4.69, 9.17) is 4.74 Å². The highest BCUT2D eigenvalue weighted by Gasteiger charge is 2.25. The van der Waals surface area contributed by atoms with Crippen molar-refractivity contribution in [2.75, 3.05) is 38.6 Å². The maximum Gasteiger partial charge on any atom is 0.211 e. The Bertz CT molecular complexity index is 554. The number of nitrogens with one attached hydrogen (secondary N) is 1. The Morgan fingerprint density at radius 3 is 2.43 bits per heavy atom. The van der Waals surface area contributed by atoms with E-state index >= 15 is 0 Å². The summed E-state index contributed by atoms with van der Waals surface area (Å²) in [6, 6.07) is 9.93. The lowest BCUT2D eigenvalue weighted by Crippen LogP contribution is -2.51. The molecule has 0 amide bonds. The molecule has 0 saturated carbocycles. The number of nitrogens with zero attached hydrogens (tertiary/aromatic N) is 1. The van der Waals surface area contributed by atoms with E-state index in [0.29, 0.717) is 18.9 Å². The second kappa shape index (κ2) is 8.78. The van der Waals surface area contributed by atoms with Crippen molar-refractivity contribution in [2.45, 2.75) is 26.3 Å². The Morgan fingerprint density at radius 1 is 1.17 bits per heavy atom. The van der Waals surface area contributed by atoms with Crippen LogP contribution in [0.4, 0.5) is 0 Å². The number of rotatable bonds is 8. The Kier molecular flexibility index (Phi) is 7.02. The minimum atomic E-state index is -3.25. The van der Waals surface area contributed by atoms with Gasteiger partial charge in [0.1, 0.15) is 0 Å². The maximum atomic E-state index is 12.3. The Hall–Kier alpha value is -0.950. The molecule has 2 rings (SSSR count). The number of ether oxygens (including phenoxy) is 1. The maximum absolute atomic E-state index is 12.3. The van der Waals surface area contributed by atoms with Gasteiger partial charge in [-0.3, -0.25) is 4.90 Å². The fourth-order valence-electron chi connectivity index (χ4n) is 2.88. The zero-order chi connectivity index (χ0) is 16.7. The van der Waals surface area contributed by atoms with Crippen molar-refractivity contribution in [1.82, 2.24) is 9.62 Å². The van der Waals surface area contributed by atoms with E-state index in [0.717, 1.165) is 31.9 Å². The van der Waals surface area contributed by atoms with Crippen LogP contribution in [0.15, 0.2) is 30.3 Å². The third-order valence-corrected chi connectivity index (χ3v) is 5.65. The van der Waals surface area contributed by atoms with Gasteiger partial charge in [-0.25, -0.2) is 13.1 Å². The summed E-state index contributed by atoms with van der Waals surface area (Å²) in [5.41, 5.74) is 1.05. The van der Waals surface area contributed by atoms with E-state index in [1.807, 2.05) is 30.3 Å². The lowest BCUT2D eigenvalue weighted by Gasteiger charge is -2.36. The zero-order valence-electron chi connectivity index (χ0n) is 14.1. The van der Waals surface area contributed by atoms with Crippen molar-refractivity contribution >= 4 is 10.0 Å². The summed E-state index contributed by atoms with van der Waals surface area (Å²) < 4.78 is 32.7. The van der Waals surface area contributed by atoms with Crippen molar-refractivity contribution in [3.05, 3.63) is 35.9 Å². The van der Waals surface area contributed by atoms with Crippen LogP contribution in [0.2, 0.25) is 0 Å². The molecule has 1 aromatic carbocycles. The fraction of sp³-hybridized carbons (Fsp3) is 0.647. The molecule has 1 aliphatic heterocycles. The van der Waals surface area contributed by atoms with Gasteiger partial charge in [-0.15, -0.1) is 0 Å². The van der Waals surface area contributed by atoms with Crippen molar-refractivity contribution in [2.24, 2.45) is 5.92 Å². The van der Waals surface area contributed by atoms with E-state index in [2.05, 4.69) is 23.5 Å². The first-order chi connectivity index (χ1) is 11.0. The normalized spacial score (nSPS) is 18.2. The first-order valence-corrected chi connectivity index (χ1v) is 9.96. The topological polar surface area (TPSA) is 58.6 Å². The van der Waals surface area contributed by atoms with Crippen LogP contribution < -0.4 is 4.72 Å². The third-order valence-electron chi connectivity index (χ3n) is 4.30. The average molecular weight is 340 g/mol. The highest BCUT2D eigenvalue weighted by Crippen LogP contribution is 2.12. The molecule has 0 aliphatic carbocycles. The number of hydrogen-bond donors (Lipinski definition) is 1. The van der Waals surface area contributed by atoms with Crippen LogP contribution >= 0.6 is 0 Å². The monoisotopic (exact) mass is 340 g/mol. The zero-order valence-corrected chi connectivity index (χ0v) is 14.9. The number of aryl methyl sites for hydroxylation is 1. The van der Waals surface area contributed by atoms with Gasteiger partial charge in [0.15, 0.2) is 0 Å². The quantitative estimate of drug-likeness (QED) is 0.779. The van der Waals surface area contributed by atoms with Crippen LogP contribution in [0.3, 0.4) is 0 Å². The first-order valence-electron chi connectivity index (χ1n) is 8.31. The molecular formula is C17H28N2O3S. The summed E-state index contributed by atoms with van der Waals surface area (Å²) in [5, 5.41) is 0. The standard InChI is InChI=1S/C17H28N2O3S/c1-15(2)17(19-9-11-22-12-10-19)14-18-23(20,21)13-8-16-6-4-3-5-7-16/h3-7,15,17-18H,8-14H2,1-2H3. The molecule has 0 spiro atoms. The molecule has 0 radical (unpaired) electrons. The second-order valence-corrected chi connectivity index (χ2v) is 8.29. The minimum Gasteiger partial charge on any atom is -0.379 e. The summed E-state index contributed by atoms with van der Waals surface area (Å²) in [7, 11) is -3.25. The lowest BCUT2D eigenvalue weighted by atomic mass is 10.0. The van der Waals surface area contributed by atoms with Crippen LogP contribution in [-0.4, -0.2) is 58.0 Å². The van der Waals surface area contributed by atoms with Crippen LogP contribution in [0, 0.1) is 5.92 Å². The predicted molar refractivity (Wildman–Crippen MR) is 93.0 cm³/mol. The fourth-order valence-corrected chi connectivity index (χ4v) is 3.95. The molecule has 1 N–H and O–H groups in total. The highest BCUT2D eigenvalue weighted by molar-refractivity contribution is 7.89. The predicted octanol–water partition coefficient (Wildman–Crippen LogP) is 1.51. The molecule has 1 heterocycles. The second-order valence-electron chi connectivity index (χ2n) is 6.36. The molecular weight excluding hydrogens is 312 g/mol. The van der Waals surface area contributed by atoms with Crippen LogP contribution in [0.1, 0.15) is 19.4 Å². The Labute approximate surface area is 140 Å². The minimum absolute atomic E-state index is 0.130. The van der Waals surface area contributed by atoms with Crippen molar-refractivity contribution in [1.29, 1.82) is 0 Å². The number of morpholine rings is 1. The van der Waals surface area contributed by atoms with E-state index in [1.54, 1.807) is 0 Å². The first kappa shape index (κ1) is 18.4. The molecule has 130 valence electrons. The molecule has 1 atom stereocenters. The molecule has 0 bridgehead atoms. The van der Waals surface area contributed by atoms with Gasteiger partial charge in [-0.05, 0) is 17.9 Å². The van der Waals surface area contributed by atoms with Gasteiger partial charge in [-0.1, -0.05) is 44.2 Å². The summed E-state index contributed by atoms with van der Waals surface area (Å²) in [6.45, 7) is 7.93. The molecule has 1 fully saturated rings. The molecule has 1 saturated heterocycles. The Morgan fingerprint density at radius 2 is 1.83 bits per heavy atom. The third kappa shape index (κ3) is 6.22. The van der Waals surface area contributed by atoms with Crippen molar-refractivity contribution in [3.63, 3.8) is 0 Å². The summed E-state index contributed by atoms with van der Waals surface area (Å²) in [5.74, 6) is 0.523. The van der Waals surface area contributed by atoms with E-state index < -0.39 is 10.0 Å². The average Bonchev–Trinajstić information content (AvgIpc) is 2.55. The van der Waals surface area contributed by atoms with Crippen LogP contribution in [0.25, 0.3) is 0 Å². The van der Waals surface area contributed by atoms with E-state index in [9.17, 15) is 8.42 Å². The molecule has 1 aromatic rings. The van der Waals surface area contributed by atoms with Crippen molar-refractivity contribution in [3.8, 4) is 0 Å². The van der Waals surface area contributed by atoms with Gasteiger partial charge in [0.05, 0.1) is 19.0 Å². The summed E-state index contributed by atoms with van der Waals surface area (Å²) >= 11 is 0. The smallest absolute Gasteiger partial charge is 0.211 e. The number of hydrogen-bond acceptors (Lipinski definition) is 4. The lowest BCUT2D eigenvalue weighted by molar-refractivity contribution is 0.00776. The van der Waals surface area contributed by atoms with Crippen molar-refractivity contribution < 1.29 is 13.2 Å².